The molecule has 0 saturated heterocycles. The van der Waals surface area contributed by atoms with Gasteiger partial charge in [0.15, 0.2) is 0 Å². The molecule has 2 aromatic rings. The number of hydrogen-bond acceptors (Lipinski definition) is 5. The molecule has 82 valence electrons. The Bertz CT molecular complexity index is 447. The lowest BCUT2D eigenvalue weighted by atomic mass is 10.3. The second-order valence-corrected chi connectivity index (χ2v) is 3.25. The number of anilines is 1. The molecule has 0 spiro atoms. The van der Waals surface area contributed by atoms with Crippen molar-refractivity contribution in [1.29, 1.82) is 0 Å². The minimum Gasteiger partial charge on any atom is -0.373 e. The summed E-state index contributed by atoms with van der Waals surface area (Å²) in [7, 11) is 1.84. The van der Waals surface area contributed by atoms with Crippen molar-refractivity contribution in [1.82, 2.24) is 19.9 Å². The molecule has 0 aromatic carbocycles. The van der Waals surface area contributed by atoms with Gasteiger partial charge in [-0.15, -0.1) is 0 Å². The van der Waals surface area contributed by atoms with Crippen LogP contribution in [0, 0.1) is 0 Å². The molecule has 0 aliphatic heterocycles. The smallest absolute Gasteiger partial charge is 0.131 e. The van der Waals surface area contributed by atoms with Gasteiger partial charge in [-0.25, -0.2) is 9.97 Å². The Morgan fingerprint density at radius 3 is 2.69 bits per heavy atom. The summed E-state index contributed by atoms with van der Waals surface area (Å²) >= 11 is 0. The van der Waals surface area contributed by atoms with Gasteiger partial charge in [0.05, 0.1) is 11.9 Å². The van der Waals surface area contributed by atoms with Crippen LogP contribution < -0.4 is 5.32 Å². The van der Waals surface area contributed by atoms with Gasteiger partial charge in [0.2, 0.25) is 0 Å². The number of aromatic nitrogens is 4. The molecule has 0 bridgehead atoms. The third-order valence-corrected chi connectivity index (χ3v) is 2.17. The van der Waals surface area contributed by atoms with Gasteiger partial charge in [-0.3, -0.25) is 9.97 Å². The lowest BCUT2D eigenvalue weighted by Crippen LogP contribution is -2.01. The summed E-state index contributed by atoms with van der Waals surface area (Å²) in [5, 5.41) is 3.01. The van der Waals surface area contributed by atoms with Gasteiger partial charge in [0.1, 0.15) is 17.3 Å². The number of nitrogens with one attached hydrogen (secondary N) is 1. The lowest BCUT2D eigenvalue weighted by molar-refractivity contribution is 0.941. The summed E-state index contributed by atoms with van der Waals surface area (Å²) in [6, 6.07) is 1.86. The van der Waals surface area contributed by atoms with E-state index in [1.54, 1.807) is 18.6 Å². The minimum atomic E-state index is 0.760. The fourth-order valence-corrected chi connectivity index (χ4v) is 1.35. The minimum absolute atomic E-state index is 0.760. The van der Waals surface area contributed by atoms with Crippen molar-refractivity contribution in [2.45, 2.75) is 13.3 Å². The van der Waals surface area contributed by atoms with Crippen molar-refractivity contribution in [2.24, 2.45) is 0 Å². The number of aryl methyl sites for hydroxylation is 1. The topological polar surface area (TPSA) is 63.6 Å². The van der Waals surface area contributed by atoms with Crippen molar-refractivity contribution >= 4 is 5.82 Å². The molecule has 0 saturated carbocycles. The Labute approximate surface area is 94.0 Å². The largest absolute Gasteiger partial charge is 0.373 e. The average molecular weight is 215 g/mol. The fraction of sp³-hybridized carbons (Fsp3) is 0.273. The van der Waals surface area contributed by atoms with E-state index in [9.17, 15) is 0 Å². The van der Waals surface area contributed by atoms with Gasteiger partial charge < -0.3 is 5.32 Å². The van der Waals surface area contributed by atoms with Crippen LogP contribution >= 0.6 is 0 Å². The summed E-state index contributed by atoms with van der Waals surface area (Å²) in [6.45, 7) is 2.02. The van der Waals surface area contributed by atoms with Gasteiger partial charge in [-0.2, -0.15) is 0 Å². The van der Waals surface area contributed by atoms with Crippen LogP contribution in [0.1, 0.15) is 12.7 Å². The van der Waals surface area contributed by atoms with Crippen molar-refractivity contribution in [3.63, 3.8) is 0 Å². The van der Waals surface area contributed by atoms with Crippen LogP contribution in [0.2, 0.25) is 0 Å². The molecule has 2 rings (SSSR count). The number of hydrogen-bond donors (Lipinski definition) is 1. The first kappa shape index (κ1) is 10.5. The molecule has 5 nitrogen and oxygen atoms in total. The highest BCUT2D eigenvalue weighted by atomic mass is 15.0. The first-order valence-corrected chi connectivity index (χ1v) is 5.15. The predicted octanol–water partition coefficient (Wildman–Crippen LogP) is 1.54. The maximum absolute atomic E-state index is 4.42. The van der Waals surface area contributed by atoms with Crippen molar-refractivity contribution in [3.8, 4) is 11.4 Å². The first-order chi connectivity index (χ1) is 7.83. The maximum atomic E-state index is 4.42. The molecule has 16 heavy (non-hydrogen) atoms. The van der Waals surface area contributed by atoms with E-state index in [-0.39, 0.29) is 0 Å². The summed E-state index contributed by atoms with van der Waals surface area (Å²) in [4.78, 5) is 17.0. The molecule has 2 aromatic heterocycles. The molecule has 1 N–H and O–H groups in total. The highest BCUT2D eigenvalue weighted by Crippen LogP contribution is 2.16. The number of nitrogens with zero attached hydrogens (tertiary/aromatic N) is 4. The van der Waals surface area contributed by atoms with Crippen LogP contribution in [0.3, 0.4) is 0 Å². The fourth-order valence-electron chi connectivity index (χ4n) is 1.35. The van der Waals surface area contributed by atoms with Crippen molar-refractivity contribution < 1.29 is 0 Å². The molecular formula is C11H13N5. The Kier molecular flexibility index (Phi) is 3.05. The molecule has 5 heteroatoms. The van der Waals surface area contributed by atoms with Crippen molar-refractivity contribution in [2.75, 3.05) is 12.4 Å². The van der Waals surface area contributed by atoms with Gasteiger partial charge in [0.25, 0.3) is 0 Å². The van der Waals surface area contributed by atoms with Gasteiger partial charge >= 0.3 is 0 Å². The maximum Gasteiger partial charge on any atom is 0.131 e. The van der Waals surface area contributed by atoms with E-state index in [4.69, 9.17) is 0 Å². The zero-order chi connectivity index (χ0) is 11.4. The van der Waals surface area contributed by atoms with E-state index in [0.29, 0.717) is 0 Å². The summed E-state index contributed by atoms with van der Waals surface area (Å²) in [5.41, 5.74) is 1.56. The summed E-state index contributed by atoms with van der Waals surface area (Å²) < 4.78 is 0. The molecule has 0 aliphatic carbocycles. The van der Waals surface area contributed by atoms with Gasteiger partial charge in [-0.05, 0) is 0 Å². The Morgan fingerprint density at radius 1 is 1.19 bits per heavy atom. The van der Waals surface area contributed by atoms with E-state index in [0.717, 1.165) is 29.5 Å². The monoisotopic (exact) mass is 215 g/mol. The first-order valence-electron chi connectivity index (χ1n) is 5.15. The molecule has 0 fully saturated rings. The standard InChI is InChI=1S/C11H13N5/c1-3-10-15-8(6-11(12-2)16-10)9-7-13-4-5-14-9/h4-7H,3H2,1-2H3,(H,12,15,16). The third kappa shape index (κ3) is 2.13. The molecule has 2 heterocycles. The summed E-state index contributed by atoms with van der Waals surface area (Å²) in [6.07, 6.45) is 5.79. The number of rotatable bonds is 3. The van der Waals surface area contributed by atoms with Crippen LogP contribution in [0.25, 0.3) is 11.4 Å². The zero-order valence-electron chi connectivity index (χ0n) is 9.31. The SMILES string of the molecule is CCc1nc(NC)cc(-c2cnccn2)n1. The Hall–Kier alpha value is -2.04. The highest BCUT2D eigenvalue weighted by molar-refractivity contribution is 5.57. The quantitative estimate of drug-likeness (QED) is 0.841. The van der Waals surface area contributed by atoms with E-state index in [2.05, 4.69) is 25.3 Å². The third-order valence-electron chi connectivity index (χ3n) is 2.17. The Balaban J connectivity index is 2.48. The van der Waals surface area contributed by atoms with E-state index >= 15 is 0 Å². The van der Waals surface area contributed by atoms with E-state index in [1.807, 2.05) is 20.0 Å². The van der Waals surface area contributed by atoms with Gasteiger partial charge in [-0.1, -0.05) is 6.92 Å². The van der Waals surface area contributed by atoms with Crippen LogP contribution in [0.4, 0.5) is 5.82 Å². The highest BCUT2D eigenvalue weighted by Gasteiger charge is 2.05. The van der Waals surface area contributed by atoms with E-state index < -0.39 is 0 Å². The summed E-state index contributed by atoms with van der Waals surface area (Å²) in [5.74, 6) is 1.60. The molecule has 0 atom stereocenters. The molecule has 0 aliphatic rings. The van der Waals surface area contributed by atoms with Crippen molar-refractivity contribution in [3.05, 3.63) is 30.5 Å². The van der Waals surface area contributed by atoms with Crippen LogP contribution in [0.15, 0.2) is 24.7 Å². The second-order valence-electron chi connectivity index (χ2n) is 3.25. The van der Waals surface area contributed by atoms with Crippen LogP contribution in [-0.2, 0) is 6.42 Å². The van der Waals surface area contributed by atoms with Gasteiger partial charge in [0, 0.05) is 31.9 Å². The molecule has 0 amide bonds. The predicted molar refractivity (Wildman–Crippen MR) is 62.0 cm³/mol. The average Bonchev–Trinajstić information content (AvgIpc) is 2.39. The van der Waals surface area contributed by atoms with Crippen LogP contribution in [-0.4, -0.2) is 27.0 Å². The molecule has 0 radical (unpaired) electrons. The second kappa shape index (κ2) is 4.65. The lowest BCUT2D eigenvalue weighted by Gasteiger charge is -2.05. The van der Waals surface area contributed by atoms with E-state index in [1.165, 1.54) is 0 Å². The van der Waals surface area contributed by atoms with Crippen LogP contribution in [0.5, 0.6) is 0 Å². The molecule has 0 unspecified atom stereocenters. The normalized spacial score (nSPS) is 10.1. The Morgan fingerprint density at radius 2 is 2.06 bits per heavy atom. The molecular weight excluding hydrogens is 202 g/mol. The zero-order valence-corrected chi connectivity index (χ0v) is 9.31.